The number of fused-ring (bicyclic) bond motifs is 1. The Hall–Kier alpha value is -1.29. The molecule has 0 aliphatic heterocycles. The Bertz CT molecular complexity index is 474. The lowest BCUT2D eigenvalue weighted by atomic mass is 10.2. The predicted molar refractivity (Wildman–Crippen MR) is 52.7 cm³/mol. The lowest BCUT2D eigenvalue weighted by Crippen LogP contribution is -1.93. The third-order valence-corrected chi connectivity index (χ3v) is 2.40. The number of aromatic nitrogens is 3. The van der Waals surface area contributed by atoms with Crippen molar-refractivity contribution >= 4 is 28.3 Å². The van der Waals surface area contributed by atoms with Gasteiger partial charge in [0.15, 0.2) is 5.65 Å². The van der Waals surface area contributed by atoms with E-state index < -0.39 is 0 Å². The molecule has 0 amide bonds. The lowest BCUT2D eigenvalue weighted by molar-refractivity contribution is 0.774. The Labute approximate surface area is 80.3 Å². The number of nitrogen functional groups attached to an aromatic ring is 1. The van der Waals surface area contributed by atoms with E-state index in [0.29, 0.717) is 10.7 Å². The summed E-state index contributed by atoms with van der Waals surface area (Å²) in [4.78, 5) is 4.15. The summed E-state index contributed by atoms with van der Waals surface area (Å²) in [5.41, 5.74) is 7.73. The molecule has 2 N–H and O–H groups in total. The van der Waals surface area contributed by atoms with Crippen LogP contribution in [0.25, 0.3) is 11.0 Å². The van der Waals surface area contributed by atoms with Gasteiger partial charge in [-0.2, -0.15) is 5.10 Å². The van der Waals surface area contributed by atoms with Gasteiger partial charge >= 0.3 is 0 Å². The van der Waals surface area contributed by atoms with E-state index in [1.165, 1.54) is 0 Å². The molecule has 2 aromatic heterocycles. The minimum absolute atomic E-state index is 0.491. The largest absolute Gasteiger partial charge is 0.396 e. The molecule has 0 aliphatic carbocycles. The summed E-state index contributed by atoms with van der Waals surface area (Å²) in [7, 11) is 1.83. The minimum Gasteiger partial charge on any atom is -0.396 e. The highest BCUT2D eigenvalue weighted by atomic mass is 35.5. The van der Waals surface area contributed by atoms with Crippen molar-refractivity contribution in [1.82, 2.24) is 14.8 Å². The van der Waals surface area contributed by atoms with Gasteiger partial charge in [-0.1, -0.05) is 11.6 Å². The Morgan fingerprint density at radius 3 is 2.92 bits per heavy atom. The van der Waals surface area contributed by atoms with Crippen molar-refractivity contribution in [1.29, 1.82) is 0 Å². The predicted octanol–water partition coefficient (Wildman–Crippen LogP) is 1.51. The standard InChI is InChI=1S/C8H9ClN4/c1-4-6-7(9)5(10)3-11-8(6)13(2)12-4/h3H,10H2,1-2H3. The number of rotatable bonds is 0. The first-order valence-corrected chi connectivity index (χ1v) is 4.22. The monoisotopic (exact) mass is 196 g/mol. The van der Waals surface area contributed by atoms with E-state index in [0.717, 1.165) is 16.7 Å². The second-order valence-corrected chi connectivity index (χ2v) is 3.31. The number of hydrogen-bond donors (Lipinski definition) is 1. The summed E-state index contributed by atoms with van der Waals surface area (Å²) in [6.45, 7) is 1.88. The molecule has 0 bridgehead atoms. The van der Waals surface area contributed by atoms with E-state index in [4.69, 9.17) is 17.3 Å². The molecule has 4 nitrogen and oxygen atoms in total. The highest BCUT2D eigenvalue weighted by Gasteiger charge is 2.11. The Morgan fingerprint density at radius 2 is 2.23 bits per heavy atom. The molecule has 13 heavy (non-hydrogen) atoms. The van der Waals surface area contributed by atoms with Crippen molar-refractivity contribution in [2.24, 2.45) is 7.05 Å². The van der Waals surface area contributed by atoms with E-state index >= 15 is 0 Å². The van der Waals surface area contributed by atoms with Gasteiger partial charge in [-0.25, -0.2) is 4.98 Å². The van der Waals surface area contributed by atoms with Crippen LogP contribution in [0, 0.1) is 6.92 Å². The molecule has 0 spiro atoms. The molecule has 0 saturated carbocycles. The Morgan fingerprint density at radius 1 is 1.54 bits per heavy atom. The molecule has 68 valence electrons. The number of nitrogens with two attached hydrogens (primary N) is 1. The average Bonchev–Trinajstić information content (AvgIpc) is 2.35. The van der Waals surface area contributed by atoms with Gasteiger partial charge in [0.1, 0.15) is 0 Å². The number of aryl methyl sites for hydroxylation is 2. The van der Waals surface area contributed by atoms with Crippen LogP contribution in [-0.2, 0) is 7.05 Å². The smallest absolute Gasteiger partial charge is 0.159 e. The molecule has 2 aromatic rings. The molecular weight excluding hydrogens is 188 g/mol. The van der Waals surface area contributed by atoms with E-state index in [9.17, 15) is 0 Å². The number of halogens is 1. The zero-order chi connectivity index (χ0) is 9.59. The number of anilines is 1. The fourth-order valence-electron chi connectivity index (χ4n) is 1.38. The van der Waals surface area contributed by atoms with E-state index in [1.807, 2.05) is 14.0 Å². The van der Waals surface area contributed by atoms with Crippen molar-refractivity contribution in [3.8, 4) is 0 Å². The highest BCUT2D eigenvalue weighted by molar-refractivity contribution is 6.37. The maximum Gasteiger partial charge on any atom is 0.159 e. The van der Waals surface area contributed by atoms with Crippen molar-refractivity contribution < 1.29 is 0 Å². The summed E-state index contributed by atoms with van der Waals surface area (Å²) in [6.07, 6.45) is 1.55. The van der Waals surface area contributed by atoms with Crippen LogP contribution >= 0.6 is 11.6 Å². The fraction of sp³-hybridized carbons (Fsp3) is 0.250. The second-order valence-electron chi connectivity index (χ2n) is 2.94. The minimum atomic E-state index is 0.491. The molecule has 0 unspecified atom stereocenters. The first-order valence-electron chi connectivity index (χ1n) is 3.84. The molecule has 2 rings (SSSR count). The van der Waals surface area contributed by atoms with Gasteiger partial charge in [0.2, 0.25) is 0 Å². The zero-order valence-electron chi connectivity index (χ0n) is 7.37. The van der Waals surface area contributed by atoms with Crippen LogP contribution in [0.5, 0.6) is 0 Å². The normalized spacial score (nSPS) is 11.0. The first kappa shape index (κ1) is 8.31. The molecule has 0 fully saturated rings. The van der Waals surface area contributed by atoms with Crippen LogP contribution in [0.1, 0.15) is 5.69 Å². The first-order chi connectivity index (χ1) is 6.11. The molecule has 2 heterocycles. The van der Waals surface area contributed by atoms with Crippen LogP contribution in [0.4, 0.5) is 5.69 Å². The molecule has 0 aliphatic rings. The maximum atomic E-state index is 6.03. The molecule has 0 atom stereocenters. The van der Waals surface area contributed by atoms with Crippen LogP contribution < -0.4 is 5.73 Å². The lowest BCUT2D eigenvalue weighted by Gasteiger charge is -1.98. The molecule has 0 radical (unpaired) electrons. The molecule has 0 aromatic carbocycles. The van der Waals surface area contributed by atoms with E-state index in [-0.39, 0.29) is 0 Å². The van der Waals surface area contributed by atoms with Gasteiger partial charge in [0, 0.05) is 7.05 Å². The second kappa shape index (κ2) is 2.60. The van der Waals surface area contributed by atoms with Crippen LogP contribution in [-0.4, -0.2) is 14.8 Å². The highest BCUT2D eigenvalue weighted by Crippen LogP contribution is 2.28. The van der Waals surface area contributed by atoms with Gasteiger partial charge in [0.05, 0.1) is 28.0 Å². The van der Waals surface area contributed by atoms with Crippen molar-refractivity contribution in [2.75, 3.05) is 5.73 Å². The zero-order valence-corrected chi connectivity index (χ0v) is 8.13. The van der Waals surface area contributed by atoms with Crippen LogP contribution in [0.15, 0.2) is 6.20 Å². The summed E-state index contributed by atoms with van der Waals surface area (Å²) in [5, 5.41) is 5.58. The van der Waals surface area contributed by atoms with Gasteiger partial charge < -0.3 is 5.73 Å². The quantitative estimate of drug-likeness (QED) is 0.695. The SMILES string of the molecule is Cc1nn(C)c2ncc(N)c(Cl)c12. The third-order valence-electron chi connectivity index (χ3n) is 1.99. The summed E-state index contributed by atoms with van der Waals surface area (Å²) in [5.74, 6) is 0. The third kappa shape index (κ3) is 1.06. The Kier molecular flexibility index (Phi) is 1.66. The van der Waals surface area contributed by atoms with Crippen molar-refractivity contribution in [3.05, 3.63) is 16.9 Å². The van der Waals surface area contributed by atoms with Gasteiger partial charge in [-0.05, 0) is 6.92 Å². The summed E-state index contributed by atoms with van der Waals surface area (Å²) in [6, 6.07) is 0. The van der Waals surface area contributed by atoms with E-state index in [1.54, 1.807) is 10.9 Å². The fourth-order valence-corrected chi connectivity index (χ4v) is 1.65. The molecular formula is C8H9ClN4. The van der Waals surface area contributed by atoms with Gasteiger partial charge in [-0.15, -0.1) is 0 Å². The van der Waals surface area contributed by atoms with Gasteiger partial charge in [0.25, 0.3) is 0 Å². The van der Waals surface area contributed by atoms with Crippen molar-refractivity contribution in [3.63, 3.8) is 0 Å². The number of nitrogens with zero attached hydrogens (tertiary/aromatic N) is 3. The summed E-state index contributed by atoms with van der Waals surface area (Å²) >= 11 is 6.03. The molecule has 5 heteroatoms. The Balaban J connectivity index is 2.98. The topological polar surface area (TPSA) is 56.7 Å². The molecule has 0 saturated heterocycles. The summed E-state index contributed by atoms with van der Waals surface area (Å²) < 4.78 is 1.69. The number of pyridine rings is 1. The van der Waals surface area contributed by atoms with E-state index in [2.05, 4.69) is 10.1 Å². The van der Waals surface area contributed by atoms with Crippen LogP contribution in [0.2, 0.25) is 5.02 Å². The average molecular weight is 197 g/mol. The number of hydrogen-bond acceptors (Lipinski definition) is 3. The van der Waals surface area contributed by atoms with Crippen LogP contribution in [0.3, 0.4) is 0 Å². The van der Waals surface area contributed by atoms with Crippen molar-refractivity contribution in [2.45, 2.75) is 6.92 Å². The maximum absolute atomic E-state index is 6.03. The van der Waals surface area contributed by atoms with Gasteiger partial charge in [-0.3, -0.25) is 4.68 Å².